The molecule has 2 rings (SSSR count). The van der Waals surface area contributed by atoms with Crippen molar-refractivity contribution in [3.8, 4) is 0 Å². The molecule has 0 aliphatic heterocycles. The lowest BCUT2D eigenvalue weighted by atomic mass is 10.3. The zero-order chi connectivity index (χ0) is 14.9. The van der Waals surface area contributed by atoms with Crippen molar-refractivity contribution < 1.29 is 4.74 Å². The molecule has 1 aliphatic rings. The van der Waals surface area contributed by atoms with E-state index in [0.29, 0.717) is 0 Å². The van der Waals surface area contributed by atoms with Crippen molar-refractivity contribution in [3.05, 3.63) is 21.9 Å². The van der Waals surface area contributed by atoms with Gasteiger partial charge in [-0.1, -0.05) is 0 Å². The summed E-state index contributed by atoms with van der Waals surface area (Å²) < 4.78 is 5.64. The van der Waals surface area contributed by atoms with Crippen LogP contribution in [0, 0.1) is 12.8 Å². The molecule has 1 heterocycles. The summed E-state index contributed by atoms with van der Waals surface area (Å²) in [5.74, 6) is 1.75. The highest BCUT2D eigenvalue weighted by Crippen LogP contribution is 2.28. The molecule has 0 spiro atoms. The van der Waals surface area contributed by atoms with Gasteiger partial charge < -0.3 is 15.4 Å². The molecule has 5 heteroatoms. The SMILES string of the molecule is CCNC(=NCc1sccc1C)NCCCOCC1CC1. The van der Waals surface area contributed by atoms with Crippen LogP contribution in [-0.4, -0.2) is 32.3 Å². The van der Waals surface area contributed by atoms with Crippen molar-refractivity contribution in [2.24, 2.45) is 10.9 Å². The molecule has 118 valence electrons. The van der Waals surface area contributed by atoms with Crippen LogP contribution < -0.4 is 10.6 Å². The molecule has 0 amide bonds. The fourth-order valence-electron chi connectivity index (χ4n) is 1.97. The maximum atomic E-state index is 5.64. The molecule has 0 atom stereocenters. The Morgan fingerprint density at radius 1 is 1.43 bits per heavy atom. The molecule has 0 unspecified atom stereocenters. The van der Waals surface area contributed by atoms with E-state index >= 15 is 0 Å². The average Bonchev–Trinajstić information content (AvgIpc) is 3.21. The van der Waals surface area contributed by atoms with Gasteiger partial charge in [0.15, 0.2) is 5.96 Å². The number of aryl methyl sites for hydroxylation is 1. The van der Waals surface area contributed by atoms with Gasteiger partial charge in [0.05, 0.1) is 6.54 Å². The van der Waals surface area contributed by atoms with Gasteiger partial charge >= 0.3 is 0 Å². The van der Waals surface area contributed by atoms with Crippen LogP contribution in [0.15, 0.2) is 16.4 Å². The highest BCUT2D eigenvalue weighted by atomic mass is 32.1. The zero-order valence-corrected chi connectivity index (χ0v) is 14.0. The number of nitrogens with zero attached hydrogens (tertiary/aromatic N) is 1. The number of guanidine groups is 1. The highest BCUT2D eigenvalue weighted by molar-refractivity contribution is 7.10. The summed E-state index contributed by atoms with van der Waals surface area (Å²) in [4.78, 5) is 5.97. The van der Waals surface area contributed by atoms with E-state index in [4.69, 9.17) is 4.74 Å². The minimum absolute atomic E-state index is 0.747. The highest BCUT2D eigenvalue weighted by Gasteiger charge is 2.20. The van der Waals surface area contributed by atoms with Crippen molar-refractivity contribution in [1.29, 1.82) is 0 Å². The second-order valence-electron chi connectivity index (χ2n) is 5.52. The molecule has 21 heavy (non-hydrogen) atoms. The summed E-state index contributed by atoms with van der Waals surface area (Å²) in [5.41, 5.74) is 1.33. The topological polar surface area (TPSA) is 45.7 Å². The van der Waals surface area contributed by atoms with Crippen LogP contribution in [0.5, 0.6) is 0 Å². The Hall–Kier alpha value is -1.07. The van der Waals surface area contributed by atoms with E-state index < -0.39 is 0 Å². The molecule has 0 radical (unpaired) electrons. The van der Waals surface area contributed by atoms with Gasteiger partial charge in [-0.2, -0.15) is 0 Å². The van der Waals surface area contributed by atoms with E-state index in [1.807, 2.05) is 0 Å². The molecule has 1 fully saturated rings. The summed E-state index contributed by atoms with van der Waals surface area (Å²) in [6.45, 7) is 8.55. The number of rotatable bonds is 9. The van der Waals surface area contributed by atoms with Crippen LogP contribution in [-0.2, 0) is 11.3 Å². The van der Waals surface area contributed by atoms with Crippen LogP contribution in [0.1, 0.15) is 36.6 Å². The smallest absolute Gasteiger partial charge is 0.191 e. The first kappa shape index (κ1) is 16.3. The van der Waals surface area contributed by atoms with Gasteiger partial charge in [0.2, 0.25) is 0 Å². The van der Waals surface area contributed by atoms with Crippen LogP contribution >= 0.6 is 11.3 Å². The molecule has 2 N–H and O–H groups in total. The van der Waals surface area contributed by atoms with Crippen molar-refractivity contribution >= 4 is 17.3 Å². The number of nitrogens with one attached hydrogen (secondary N) is 2. The number of ether oxygens (including phenoxy) is 1. The second-order valence-corrected chi connectivity index (χ2v) is 6.52. The Morgan fingerprint density at radius 3 is 2.95 bits per heavy atom. The van der Waals surface area contributed by atoms with Crippen molar-refractivity contribution in [1.82, 2.24) is 10.6 Å². The number of hydrogen-bond donors (Lipinski definition) is 2. The van der Waals surface area contributed by atoms with Crippen LogP contribution in [0.4, 0.5) is 0 Å². The Balaban J connectivity index is 1.64. The third kappa shape index (κ3) is 6.48. The number of hydrogen-bond acceptors (Lipinski definition) is 3. The monoisotopic (exact) mass is 309 g/mol. The first-order valence-corrected chi connectivity index (χ1v) is 8.80. The van der Waals surface area contributed by atoms with E-state index in [-0.39, 0.29) is 0 Å². The fraction of sp³-hybridized carbons (Fsp3) is 0.688. The van der Waals surface area contributed by atoms with E-state index in [9.17, 15) is 0 Å². The van der Waals surface area contributed by atoms with E-state index in [2.05, 4.69) is 40.9 Å². The maximum absolute atomic E-state index is 5.64. The second kappa shape index (κ2) is 9.05. The molecule has 1 saturated carbocycles. The lowest BCUT2D eigenvalue weighted by Crippen LogP contribution is -2.38. The van der Waals surface area contributed by atoms with Crippen LogP contribution in [0.3, 0.4) is 0 Å². The molecule has 0 saturated heterocycles. The van der Waals surface area contributed by atoms with E-state index in [0.717, 1.165) is 51.1 Å². The van der Waals surface area contributed by atoms with Gasteiger partial charge in [0.1, 0.15) is 0 Å². The molecule has 1 aromatic rings. The quantitative estimate of drug-likeness (QED) is 0.419. The van der Waals surface area contributed by atoms with Crippen molar-refractivity contribution in [2.45, 2.75) is 39.7 Å². The van der Waals surface area contributed by atoms with Crippen LogP contribution in [0.2, 0.25) is 0 Å². The Bertz CT molecular complexity index is 440. The first-order valence-electron chi connectivity index (χ1n) is 7.92. The Kier molecular flexibility index (Phi) is 7.03. The van der Waals surface area contributed by atoms with Gasteiger partial charge in [-0.15, -0.1) is 11.3 Å². The summed E-state index contributed by atoms with van der Waals surface area (Å²) in [6.07, 6.45) is 3.74. The van der Waals surface area contributed by atoms with Crippen molar-refractivity contribution in [3.63, 3.8) is 0 Å². The lowest BCUT2D eigenvalue weighted by molar-refractivity contribution is 0.123. The van der Waals surface area contributed by atoms with Crippen molar-refractivity contribution in [2.75, 3.05) is 26.3 Å². The van der Waals surface area contributed by atoms with Gasteiger partial charge in [-0.05, 0) is 56.0 Å². The molecule has 0 aromatic carbocycles. The minimum atomic E-state index is 0.747. The predicted molar refractivity (Wildman–Crippen MR) is 90.0 cm³/mol. The van der Waals surface area contributed by atoms with Gasteiger partial charge in [-0.25, -0.2) is 4.99 Å². The largest absolute Gasteiger partial charge is 0.381 e. The molecule has 0 bridgehead atoms. The molecule has 1 aromatic heterocycles. The Labute approximate surface area is 132 Å². The average molecular weight is 309 g/mol. The molecular formula is C16H27N3OS. The lowest BCUT2D eigenvalue weighted by Gasteiger charge is -2.11. The standard InChI is InChI=1S/C16H27N3OS/c1-3-17-16(19-11-15-13(2)7-10-21-15)18-8-4-9-20-12-14-5-6-14/h7,10,14H,3-6,8-9,11-12H2,1-2H3,(H2,17,18,19). The van der Waals surface area contributed by atoms with Crippen LogP contribution in [0.25, 0.3) is 0 Å². The Morgan fingerprint density at radius 2 is 2.29 bits per heavy atom. The first-order chi connectivity index (χ1) is 10.3. The number of thiophene rings is 1. The normalized spacial score (nSPS) is 15.2. The minimum Gasteiger partial charge on any atom is -0.381 e. The maximum Gasteiger partial charge on any atom is 0.191 e. The fourth-order valence-corrected chi connectivity index (χ4v) is 2.80. The zero-order valence-electron chi connectivity index (χ0n) is 13.2. The summed E-state index contributed by atoms with van der Waals surface area (Å²) in [7, 11) is 0. The van der Waals surface area contributed by atoms with E-state index in [1.54, 1.807) is 11.3 Å². The summed E-state index contributed by atoms with van der Waals surface area (Å²) in [6, 6.07) is 2.15. The third-order valence-electron chi connectivity index (χ3n) is 3.50. The molecule has 4 nitrogen and oxygen atoms in total. The molecule has 1 aliphatic carbocycles. The van der Waals surface area contributed by atoms with Gasteiger partial charge in [-0.3, -0.25) is 0 Å². The third-order valence-corrected chi connectivity index (χ3v) is 4.51. The van der Waals surface area contributed by atoms with E-state index in [1.165, 1.54) is 23.3 Å². The molecular weight excluding hydrogens is 282 g/mol. The van der Waals surface area contributed by atoms with Gasteiger partial charge in [0, 0.05) is 31.2 Å². The van der Waals surface area contributed by atoms with Gasteiger partial charge in [0.25, 0.3) is 0 Å². The number of aliphatic imine (C=N–C) groups is 1. The predicted octanol–water partition coefficient (Wildman–Crippen LogP) is 2.93. The summed E-state index contributed by atoms with van der Waals surface area (Å²) in [5, 5.41) is 8.78. The summed E-state index contributed by atoms with van der Waals surface area (Å²) >= 11 is 1.77.